The van der Waals surface area contributed by atoms with Crippen molar-refractivity contribution in [2.75, 3.05) is 5.73 Å². The van der Waals surface area contributed by atoms with E-state index in [1.807, 2.05) is 49.4 Å². The summed E-state index contributed by atoms with van der Waals surface area (Å²) >= 11 is 7.43. The Morgan fingerprint density at radius 2 is 1.97 bits per heavy atom. The molecule has 1 atom stereocenters. The zero-order chi connectivity index (χ0) is 20.5. The first-order valence-corrected chi connectivity index (χ1v) is 10.1. The monoisotopic (exact) mass is 424 g/mol. The van der Waals surface area contributed by atoms with Gasteiger partial charge >= 0.3 is 0 Å². The van der Waals surface area contributed by atoms with Crippen molar-refractivity contribution < 1.29 is 4.79 Å². The lowest BCUT2D eigenvalue weighted by Gasteiger charge is -2.21. The van der Waals surface area contributed by atoms with Gasteiger partial charge in [-0.2, -0.15) is 0 Å². The van der Waals surface area contributed by atoms with Gasteiger partial charge in [0.1, 0.15) is 4.88 Å². The Balaban J connectivity index is 1.86. The first-order chi connectivity index (χ1) is 14.0. The van der Waals surface area contributed by atoms with E-state index >= 15 is 0 Å². The Bertz CT molecular complexity index is 1270. The largest absolute Gasteiger partial charge is 0.375 e. The van der Waals surface area contributed by atoms with Crippen LogP contribution in [0, 0.1) is 0 Å². The number of nitrogens with zero attached hydrogens (tertiary/aromatic N) is 2. The summed E-state index contributed by atoms with van der Waals surface area (Å²) in [7, 11) is 0. The zero-order valence-electron chi connectivity index (χ0n) is 15.4. The van der Waals surface area contributed by atoms with Gasteiger partial charge < -0.3 is 11.1 Å². The molecule has 0 saturated carbocycles. The average Bonchev–Trinajstić information content (AvgIpc) is 3.15. The topological polar surface area (TPSA) is 90.0 Å². The molecular weight excluding hydrogens is 408 g/mol. The molecule has 1 amide bonds. The van der Waals surface area contributed by atoms with Gasteiger partial charge in [-0.3, -0.25) is 14.2 Å². The molecule has 2 aromatic carbocycles. The number of nitrogens with two attached hydrogens (primary N) is 1. The van der Waals surface area contributed by atoms with Crippen LogP contribution in [0.5, 0.6) is 0 Å². The Kier molecular flexibility index (Phi) is 5.08. The van der Waals surface area contributed by atoms with Crippen molar-refractivity contribution >= 4 is 44.7 Å². The molecular formula is C21H17ClN4O2S. The predicted octanol–water partition coefficient (Wildman–Crippen LogP) is 4.17. The number of nitrogen functional groups attached to an aromatic ring is 1. The molecule has 0 aliphatic carbocycles. The number of thiazole rings is 1. The first kappa shape index (κ1) is 19.2. The molecule has 146 valence electrons. The molecule has 0 saturated heterocycles. The van der Waals surface area contributed by atoms with Crippen LogP contribution in [0.4, 0.5) is 5.13 Å². The molecule has 6 nitrogen and oxygen atoms in total. The smallest absolute Gasteiger partial charge is 0.264 e. The van der Waals surface area contributed by atoms with Crippen molar-refractivity contribution in [2.24, 2.45) is 0 Å². The molecule has 2 heterocycles. The van der Waals surface area contributed by atoms with Gasteiger partial charge in [0, 0.05) is 11.4 Å². The van der Waals surface area contributed by atoms with Crippen molar-refractivity contribution in [3.63, 3.8) is 0 Å². The maximum Gasteiger partial charge on any atom is 0.264 e. The quantitative estimate of drug-likeness (QED) is 0.514. The van der Waals surface area contributed by atoms with Crippen molar-refractivity contribution in [2.45, 2.75) is 13.0 Å². The number of aromatic nitrogens is 2. The van der Waals surface area contributed by atoms with Crippen LogP contribution in [0.2, 0.25) is 5.02 Å². The third-order valence-corrected chi connectivity index (χ3v) is 5.72. The highest BCUT2D eigenvalue weighted by molar-refractivity contribution is 7.17. The van der Waals surface area contributed by atoms with Gasteiger partial charge in [-0.25, -0.2) is 4.98 Å². The number of fused-ring (bicyclic) bond motifs is 1. The number of para-hydroxylation sites is 1. The SMILES string of the molecule is C[C@H](NC(=O)c1cnc(N)s1)c1cc2cccc(Cl)c2c(=O)n1-c1ccccc1. The highest BCUT2D eigenvalue weighted by atomic mass is 35.5. The summed E-state index contributed by atoms with van der Waals surface area (Å²) < 4.78 is 1.58. The second kappa shape index (κ2) is 7.69. The summed E-state index contributed by atoms with van der Waals surface area (Å²) in [6.07, 6.45) is 1.44. The fourth-order valence-corrected chi connectivity index (χ4v) is 4.09. The molecule has 0 aliphatic rings. The minimum Gasteiger partial charge on any atom is -0.375 e. The van der Waals surface area contributed by atoms with Crippen LogP contribution in [0.3, 0.4) is 0 Å². The third-order valence-electron chi connectivity index (χ3n) is 4.58. The summed E-state index contributed by atoms with van der Waals surface area (Å²) in [6.45, 7) is 1.83. The van der Waals surface area contributed by atoms with Crippen LogP contribution >= 0.6 is 22.9 Å². The lowest BCUT2D eigenvalue weighted by Crippen LogP contribution is -2.31. The van der Waals surface area contributed by atoms with Gasteiger partial charge in [-0.1, -0.05) is 53.3 Å². The van der Waals surface area contributed by atoms with Crippen LogP contribution < -0.4 is 16.6 Å². The molecule has 0 aliphatic heterocycles. The Hall–Kier alpha value is -3.16. The molecule has 0 radical (unpaired) electrons. The van der Waals surface area contributed by atoms with Gasteiger partial charge in [0.15, 0.2) is 5.13 Å². The highest BCUT2D eigenvalue weighted by Gasteiger charge is 2.20. The third kappa shape index (κ3) is 3.62. The van der Waals surface area contributed by atoms with Crippen molar-refractivity contribution in [3.05, 3.63) is 86.7 Å². The fourth-order valence-electron chi connectivity index (χ4n) is 3.24. The first-order valence-electron chi connectivity index (χ1n) is 8.87. The van der Waals surface area contributed by atoms with E-state index in [9.17, 15) is 9.59 Å². The number of halogens is 1. The highest BCUT2D eigenvalue weighted by Crippen LogP contribution is 2.26. The molecule has 4 aromatic rings. The van der Waals surface area contributed by atoms with Gasteiger partial charge in [-0.05, 0) is 36.6 Å². The minimum absolute atomic E-state index is 0.238. The lowest BCUT2D eigenvalue weighted by molar-refractivity contribution is 0.0942. The number of carbonyl (C=O) groups excluding carboxylic acids is 1. The van der Waals surface area contributed by atoms with E-state index in [-0.39, 0.29) is 11.5 Å². The van der Waals surface area contributed by atoms with Gasteiger partial charge in [-0.15, -0.1) is 0 Å². The maximum atomic E-state index is 13.4. The molecule has 0 unspecified atom stereocenters. The number of benzene rings is 2. The number of rotatable bonds is 4. The molecule has 29 heavy (non-hydrogen) atoms. The van der Waals surface area contributed by atoms with E-state index in [1.54, 1.807) is 16.7 Å². The van der Waals surface area contributed by atoms with Crippen LogP contribution in [-0.2, 0) is 0 Å². The Morgan fingerprint density at radius 1 is 1.21 bits per heavy atom. The van der Waals surface area contributed by atoms with E-state index in [0.717, 1.165) is 11.3 Å². The molecule has 3 N–H and O–H groups in total. The zero-order valence-corrected chi connectivity index (χ0v) is 17.0. The number of anilines is 1. The molecule has 0 bridgehead atoms. The Labute approximate surface area is 175 Å². The fraction of sp³-hybridized carbons (Fsp3) is 0.0952. The number of carbonyl (C=O) groups is 1. The summed E-state index contributed by atoms with van der Waals surface area (Å²) in [6, 6.07) is 16.0. The molecule has 0 fully saturated rings. The second-order valence-corrected chi connectivity index (χ2v) is 7.98. The second-order valence-electron chi connectivity index (χ2n) is 6.51. The van der Waals surface area contributed by atoms with Gasteiger partial charge in [0.05, 0.1) is 22.6 Å². The summed E-state index contributed by atoms with van der Waals surface area (Å²) in [4.78, 5) is 30.3. The van der Waals surface area contributed by atoms with Gasteiger partial charge in [0.25, 0.3) is 11.5 Å². The molecule has 8 heteroatoms. The van der Waals surface area contributed by atoms with Crippen LogP contribution in [0.15, 0.2) is 65.6 Å². The normalized spacial score (nSPS) is 12.1. The predicted molar refractivity (Wildman–Crippen MR) is 117 cm³/mol. The minimum atomic E-state index is -0.456. The molecule has 4 rings (SSSR count). The number of nitrogens with one attached hydrogen (secondary N) is 1. The van der Waals surface area contributed by atoms with E-state index in [2.05, 4.69) is 10.3 Å². The number of pyridine rings is 1. The summed E-state index contributed by atoms with van der Waals surface area (Å²) in [5, 5.41) is 4.79. The van der Waals surface area contributed by atoms with Crippen molar-refractivity contribution in [1.29, 1.82) is 0 Å². The van der Waals surface area contributed by atoms with E-state index in [1.165, 1.54) is 6.20 Å². The van der Waals surface area contributed by atoms with Gasteiger partial charge in [0.2, 0.25) is 0 Å². The molecule has 0 spiro atoms. The number of hydrogen-bond donors (Lipinski definition) is 2. The summed E-state index contributed by atoms with van der Waals surface area (Å²) in [5.41, 5.74) is 6.72. The summed E-state index contributed by atoms with van der Waals surface area (Å²) in [5.74, 6) is -0.301. The average molecular weight is 425 g/mol. The maximum absolute atomic E-state index is 13.4. The van der Waals surface area contributed by atoms with Crippen LogP contribution in [0.25, 0.3) is 16.5 Å². The van der Waals surface area contributed by atoms with E-state index in [4.69, 9.17) is 17.3 Å². The molecule has 2 aromatic heterocycles. The van der Waals surface area contributed by atoms with Crippen LogP contribution in [0.1, 0.15) is 28.3 Å². The number of amides is 1. The van der Waals surface area contributed by atoms with Crippen molar-refractivity contribution in [3.8, 4) is 5.69 Å². The van der Waals surface area contributed by atoms with E-state index < -0.39 is 6.04 Å². The van der Waals surface area contributed by atoms with Crippen molar-refractivity contribution in [1.82, 2.24) is 14.9 Å². The van der Waals surface area contributed by atoms with E-state index in [0.29, 0.717) is 37.2 Å². The standard InChI is InChI=1S/C21H17ClN4O2S/c1-12(25-19(27)17-11-24-21(23)29-17)16-10-13-6-5-9-15(22)18(13)20(28)26(16)14-7-3-2-4-8-14/h2-12H,1H3,(H2,23,24)(H,25,27)/t12-/m0/s1. The Morgan fingerprint density at radius 3 is 2.66 bits per heavy atom. The number of hydrogen-bond acceptors (Lipinski definition) is 5. The lowest BCUT2D eigenvalue weighted by atomic mass is 10.1. The van der Waals surface area contributed by atoms with Crippen LogP contribution in [-0.4, -0.2) is 15.5 Å².